The van der Waals surface area contributed by atoms with E-state index in [2.05, 4.69) is 10.3 Å². The van der Waals surface area contributed by atoms with Crippen LogP contribution in [0.15, 0.2) is 18.5 Å². The Hall–Kier alpha value is -0.810. The lowest BCUT2D eigenvalue weighted by Crippen LogP contribution is -2.30. The summed E-state index contributed by atoms with van der Waals surface area (Å²) in [6, 6.07) is 1.98. The Morgan fingerprint density at radius 3 is 3.00 bits per heavy atom. The highest BCUT2D eigenvalue weighted by Gasteiger charge is 2.30. The molecule has 0 saturated carbocycles. The number of hydrogen-bond donors (Lipinski definition) is 2. The zero-order valence-electron chi connectivity index (χ0n) is 8.57. The fraction of sp³-hybridized carbons (Fsp3) is 0.600. The molecule has 1 unspecified atom stereocenters. The van der Waals surface area contributed by atoms with Crippen LogP contribution >= 0.6 is 0 Å². The second-order valence-corrected chi connectivity index (χ2v) is 6.38. The van der Waals surface area contributed by atoms with Crippen LogP contribution in [0.25, 0.3) is 0 Å². The van der Waals surface area contributed by atoms with Gasteiger partial charge in [-0.15, -0.1) is 0 Å². The third-order valence-corrected chi connectivity index (χ3v) is 5.10. The van der Waals surface area contributed by atoms with E-state index in [1.54, 1.807) is 0 Å². The molecule has 0 aliphatic carbocycles. The van der Waals surface area contributed by atoms with E-state index in [1.165, 1.54) is 0 Å². The predicted molar refractivity (Wildman–Crippen MR) is 59.3 cm³/mol. The summed E-state index contributed by atoms with van der Waals surface area (Å²) < 4.78 is 23.0. The van der Waals surface area contributed by atoms with Crippen LogP contribution in [0.5, 0.6) is 0 Å². The molecule has 2 N–H and O–H groups in total. The molecule has 84 valence electrons. The normalized spacial score (nSPS) is 24.4. The van der Waals surface area contributed by atoms with Crippen LogP contribution in [-0.4, -0.2) is 30.9 Å². The predicted octanol–water partition coefficient (Wildman–Crippen LogP) is 0.681. The quantitative estimate of drug-likeness (QED) is 0.796. The first-order valence-electron chi connectivity index (χ1n) is 5.22. The van der Waals surface area contributed by atoms with Gasteiger partial charge in [0, 0.05) is 25.5 Å². The van der Waals surface area contributed by atoms with Crippen molar-refractivity contribution in [3.8, 4) is 0 Å². The van der Waals surface area contributed by atoms with Gasteiger partial charge in [0.1, 0.15) is 0 Å². The highest BCUT2D eigenvalue weighted by atomic mass is 32.2. The molecule has 1 saturated heterocycles. The number of nitrogens with one attached hydrogen (secondary N) is 2. The summed E-state index contributed by atoms with van der Waals surface area (Å²) >= 11 is 0. The van der Waals surface area contributed by atoms with E-state index < -0.39 is 9.84 Å². The van der Waals surface area contributed by atoms with E-state index in [1.807, 2.05) is 18.5 Å². The molecule has 1 fully saturated rings. The molecule has 2 rings (SSSR count). The van der Waals surface area contributed by atoms with Gasteiger partial charge in [-0.2, -0.15) is 0 Å². The molecule has 4 nitrogen and oxygen atoms in total. The second kappa shape index (κ2) is 4.37. The van der Waals surface area contributed by atoms with E-state index in [4.69, 9.17) is 0 Å². The van der Waals surface area contributed by atoms with Gasteiger partial charge in [-0.05, 0) is 24.5 Å². The first-order chi connectivity index (χ1) is 7.18. The van der Waals surface area contributed by atoms with E-state index >= 15 is 0 Å². The Bertz CT molecular complexity index is 397. The fourth-order valence-electron chi connectivity index (χ4n) is 1.93. The molecule has 0 bridgehead atoms. The fourth-order valence-corrected chi connectivity index (χ4v) is 3.73. The van der Waals surface area contributed by atoms with Gasteiger partial charge in [-0.1, -0.05) is 0 Å². The molecule has 0 spiro atoms. The van der Waals surface area contributed by atoms with Crippen molar-refractivity contribution in [3.63, 3.8) is 0 Å². The van der Waals surface area contributed by atoms with E-state index in [0.29, 0.717) is 12.3 Å². The van der Waals surface area contributed by atoms with Gasteiger partial charge < -0.3 is 10.3 Å². The Balaban J connectivity index is 1.79. The van der Waals surface area contributed by atoms with Crippen molar-refractivity contribution in [2.75, 3.05) is 12.3 Å². The van der Waals surface area contributed by atoms with Gasteiger partial charge in [0.15, 0.2) is 9.84 Å². The summed E-state index contributed by atoms with van der Waals surface area (Å²) in [5, 5.41) is 3.02. The van der Waals surface area contributed by atoms with E-state index in [9.17, 15) is 8.42 Å². The maximum Gasteiger partial charge on any atom is 0.154 e. The van der Waals surface area contributed by atoms with Crippen LogP contribution in [0.1, 0.15) is 18.4 Å². The smallest absolute Gasteiger partial charge is 0.154 e. The van der Waals surface area contributed by atoms with Gasteiger partial charge in [0.25, 0.3) is 0 Å². The lowest BCUT2D eigenvalue weighted by atomic mass is 10.2. The van der Waals surface area contributed by atoms with E-state index in [-0.39, 0.29) is 5.25 Å². The van der Waals surface area contributed by atoms with Crippen molar-refractivity contribution in [2.24, 2.45) is 0 Å². The maximum absolute atomic E-state index is 11.5. The van der Waals surface area contributed by atoms with Crippen molar-refractivity contribution < 1.29 is 8.42 Å². The van der Waals surface area contributed by atoms with Crippen LogP contribution in [0.3, 0.4) is 0 Å². The standard InChI is InChI=1S/C10H16N2O2S/c13-15(14)5-1-2-10(15)8-12-7-9-3-4-11-6-9/h3-4,6,10-12H,1-2,5,7-8H2. The molecule has 1 aliphatic heterocycles. The van der Waals surface area contributed by atoms with Gasteiger partial charge in [0.05, 0.1) is 11.0 Å². The van der Waals surface area contributed by atoms with Crippen molar-refractivity contribution in [3.05, 3.63) is 24.0 Å². The number of sulfone groups is 1. The lowest BCUT2D eigenvalue weighted by molar-refractivity contribution is 0.574. The first kappa shape index (κ1) is 10.7. The molecule has 0 radical (unpaired) electrons. The minimum absolute atomic E-state index is 0.170. The molecule has 5 heteroatoms. The van der Waals surface area contributed by atoms with Crippen molar-refractivity contribution in [2.45, 2.75) is 24.6 Å². The molecular weight excluding hydrogens is 212 g/mol. The summed E-state index contributed by atoms with van der Waals surface area (Å²) in [5.41, 5.74) is 1.16. The Morgan fingerprint density at radius 1 is 1.53 bits per heavy atom. The van der Waals surface area contributed by atoms with Crippen LogP contribution in [-0.2, 0) is 16.4 Å². The minimum Gasteiger partial charge on any atom is -0.367 e. The Labute approximate surface area is 90.0 Å². The summed E-state index contributed by atoms with van der Waals surface area (Å²) in [4.78, 5) is 2.97. The van der Waals surface area contributed by atoms with Crippen LogP contribution in [0.4, 0.5) is 0 Å². The molecule has 1 atom stereocenters. The third kappa shape index (κ3) is 2.60. The lowest BCUT2D eigenvalue weighted by Gasteiger charge is -2.09. The average molecular weight is 228 g/mol. The van der Waals surface area contributed by atoms with Gasteiger partial charge >= 0.3 is 0 Å². The third-order valence-electron chi connectivity index (χ3n) is 2.83. The van der Waals surface area contributed by atoms with Crippen LogP contribution < -0.4 is 5.32 Å². The van der Waals surface area contributed by atoms with Crippen LogP contribution in [0.2, 0.25) is 0 Å². The highest BCUT2D eigenvalue weighted by Crippen LogP contribution is 2.19. The van der Waals surface area contributed by atoms with Gasteiger partial charge in [0.2, 0.25) is 0 Å². The SMILES string of the molecule is O=S1(=O)CCCC1CNCc1cc[nH]c1. The largest absolute Gasteiger partial charge is 0.367 e. The number of hydrogen-bond acceptors (Lipinski definition) is 3. The minimum atomic E-state index is -2.80. The first-order valence-corrected chi connectivity index (χ1v) is 6.94. The van der Waals surface area contributed by atoms with Crippen molar-refractivity contribution >= 4 is 9.84 Å². The molecule has 1 aromatic heterocycles. The molecule has 1 aliphatic rings. The van der Waals surface area contributed by atoms with Crippen LogP contribution in [0, 0.1) is 0 Å². The topological polar surface area (TPSA) is 62.0 Å². The Kier molecular flexibility index (Phi) is 3.11. The summed E-state index contributed by atoms with van der Waals surface area (Å²) in [6.07, 6.45) is 5.40. The zero-order chi connectivity index (χ0) is 10.7. The number of aromatic nitrogens is 1. The van der Waals surface area contributed by atoms with Crippen molar-refractivity contribution in [1.29, 1.82) is 0 Å². The maximum atomic E-state index is 11.5. The summed E-state index contributed by atoms with van der Waals surface area (Å²) in [6.45, 7) is 1.31. The second-order valence-electron chi connectivity index (χ2n) is 3.98. The van der Waals surface area contributed by atoms with Gasteiger partial charge in [-0.3, -0.25) is 0 Å². The molecule has 1 aromatic rings. The molecule has 0 aromatic carbocycles. The zero-order valence-corrected chi connectivity index (χ0v) is 9.39. The number of aromatic amines is 1. The van der Waals surface area contributed by atoms with Crippen molar-refractivity contribution in [1.82, 2.24) is 10.3 Å². The summed E-state index contributed by atoms with van der Waals surface area (Å²) in [5.74, 6) is 0.365. The molecule has 0 amide bonds. The van der Waals surface area contributed by atoms with Gasteiger partial charge in [-0.25, -0.2) is 8.42 Å². The molecule has 2 heterocycles. The monoisotopic (exact) mass is 228 g/mol. The molecule has 15 heavy (non-hydrogen) atoms. The van der Waals surface area contributed by atoms with E-state index in [0.717, 1.165) is 24.9 Å². The number of rotatable bonds is 4. The molecular formula is C10H16N2O2S. The average Bonchev–Trinajstić information content (AvgIpc) is 2.77. The summed E-state index contributed by atoms with van der Waals surface area (Å²) in [7, 11) is -2.80. The number of H-pyrrole nitrogens is 1. The highest BCUT2D eigenvalue weighted by molar-refractivity contribution is 7.92. The Morgan fingerprint density at radius 2 is 2.40 bits per heavy atom.